The molecule has 2 aliphatic heterocycles. The van der Waals surface area contributed by atoms with Gasteiger partial charge in [0, 0.05) is 51.3 Å². The molecule has 0 atom stereocenters. The van der Waals surface area contributed by atoms with Crippen LogP contribution >= 0.6 is 0 Å². The van der Waals surface area contributed by atoms with Crippen molar-refractivity contribution < 1.29 is 14.4 Å². The highest BCUT2D eigenvalue weighted by molar-refractivity contribution is 5.89. The van der Waals surface area contributed by atoms with Crippen molar-refractivity contribution in [2.24, 2.45) is 0 Å². The highest BCUT2D eigenvalue weighted by Crippen LogP contribution is 2.16. The zero-order valence-electron chi connectivity index (χ0n) is 15.0. The fraction of sp³-hybridized carbons (Fsp3) is 0.526. The van der Waals surface area contributed by atoms with Crippen molar-refractivity contribution >= 4 is 23.5 Å². The third kappa shape index (κ3) is 4.97. The van der Waals surface area contributed by atoms with Gasteiger partial charge in [-0.2, -0.15) is 0 Å². The smallest absolute Gasteiger partial charge is 0.319 e. The van der Waals surface area contributed by atoms with Crippen LogP contribution < -0.4 is 10.6 Å². The number of carbonyl (C=O) groups excluding carboxylic acids is 3. The number of carbonyl (C=O) groups is 3. The maximum atomic E-state index is 11.9. The van der Waals surface area contributed by atoms with Gasteiger partial charge in [0.2, 0.25) is 11.8 Å². The summed E-state index contributed by atoms with van der Waals surface area (Å²) in [4.78, 5) is 38.8. The van der Waals surface area contributed by atoms with Gasteiger partial charge >= 0.3 is 6.03 Å². The molecule has 0 radical (unpaired) electrons. The standard InChI is InChI=1S/C19H26N4O3/c24-17-4-1-11-22(17)13-3-10-20-19(26)21-16-8-6-15(7-9-16)14-23-12-2-5-18(23)25/h6-9H,1-5,10-14H2,(H2,20,21,26). The molecule has 1 aromatic rings. The van der Waals surface area contributed by atoms with Crippen molar-refractivity contribution in [1.29, 1.82) is 0 Å². The molecule has 26 heavy (non-hydrogen) atoms. The Balaban J connectivity index is 1.36. The van der Waals surface area contributed by atoms with Gasteiger partial charge in [0.1, 0.15) is 0 Å². The maximum absolute atomic E-state index is 11.9. The molecule has 4 amide bonds. The molecule has 0 spiro atoms. The summed E-state index contributed by atoms with van der Waals surface area (Å²) in [5, 5.41) is 5.61. The third-order valence-electron chi connectivity index (χ3n) is 4.82. The molecule has 0 saturated carbocycles. The molecule has 3 rings (SSSR count). The van der Waals surface area contributed by atoms with Crippen molar-refractivity contribution in [2.45, 2.75) is 38.6 Å². The lowest BCUT2D eigenvalue weighted by Crippen LogP contribution is -2.33. The van der Waals surface area contributed by atoms with E-state index in [0.717, 1.165) is 37.9 Å². The lowest BCUT2D eigenvalue weighted by atomic mass is 10.2. The van der Waals surface area contributed by atoms with Crippen LogP contribution in [0, 0.1) is 0 Å². The predicted octanol–water partition coefficient (Wildman–Crippen LogP) is 1.94. The molecular formula is C19H26N4O3. The van der Waals surface area contributed by atoms with Crippen molar-refractivity contribution in [3.05, 3.63) is 29.8 Å². The largest absolute Gasteiger partial charge is 0.343 e. The molecular weight excluding hydrogens is 332 g/mol. The summed E-state index contributed by atoms with van der Waals surface area (Å²) < 4.78 is 0. The quantitative estimate of drug-likeness (QED) is 0.731. The summed E-state index contributed by atoms with van der Waals surface area (Å²) in [5.74, 6) is 0.424. The summed E-state index contributed by atoms with van der Waals surface area (Å²) in [5.41, 5.74) is 1.77. The third-order valence-corrected chi connectivity index (χ3v) is 4.82. The Morgan fingerprint density at radius 3 is 2.23 bits per heavy atom. The van der Waals surface area contributed by atoms with Gasteiger partial charge in [0.25, 0.3) is 0 Å². The fourth-order valence-electron chi connectivity index (χ4n) is 3.37. The van der Waals surface area contributed by atoms with Crippen molar-refractivity contribution in [3.63, 3.8) is 0 Å². The number of urea groups is 1. The van der Waals surface area contributed by atoms with Gasteiger partial charge in [-0.25, -0.2) is 4.79 Å². The van der Waals surface area contributed by atoms with Crippen molar-refractivity contribution in [3.8, 4) is 0 Å². The summed E-state index contributed by atoms with van der Waals surface area (Å²) in [6, 6.07) is 7.30. The fourth-order valence-corrected chi connectivity index (χ4v) is 3.37. The Bertz CT molecular complexity index is 659. The van der Waals surface area contributed by atoms with E-state index < -0.39 is 0 Å². The van der Waals surface area contributed by atoms with E-state index in [-0.39, 0.29) is 17.8 Å². The number of hydrogen-bond donors (Lipinski definition) is 2. The van der Waals surface area contributed by atoms with Crippen LogP contribution in [-0.4, -0.2) is 53.8 Å². The normalized spacial score (nSPS) is 17.1. The first kappa shape index (κ1) is 18.2. The molecule has 0 aromatic heterocycles. The molecule has 7 nitrogen and oxygen atoms in total. The van der Waals surface area contributed by atoms with Crippen LogP contribution in [0.4, 0.5) is 10.5 Å². The predicted molar refractivity (Wildman–Crippen MR) is 98.5 cm³/mol. The average molecular weight is 358 g/mol. The second-order valence-electron chi connectivity index (χ2n) is 6.83. The summed E-state index contributed by atoms with van der Waals surface area (Å²) in [7, 11) is 0. The number of benzene rings is 1. The van der Waals surface area contributed by atoms with Crippen LogP contribution in [-0.2, 0) is 16.1 Å². The molecule has 0 aliphatic carbocycles. The van der Waals surface area contributed by atoms with Crippen LogP contribution in [0.15, 0.2) is 24.3 Å². The lowest BCUT2D eigenvalue weighted by molar-refractivity contribution is -0.128. The Labute approximate surface area is 153 Å². The van der Waals surface area contributed by atoms with Crippen LogP contribution in [0.25, 0.3) is 0 Å². The summed E-state index contributed by atoms with van der Waals surface area (Å²) in [6.45, 7) is 3.51. The van der Waals surface area contributed by atoms with Crippen LogP contribution in [0.3, 0.4) is 0 Å². The van der Waals surface area contributed by atoms with E-state index in [2.05, 4.69) is 10.6 Å². The van der Waals surface area contributed by atoms with E-state index in [1.807, 2.05) is 34.1 Å². The van der Waals surface area contributed by atoms with Gasteiger partial charge in [-0.05, 0) is 37.0 Å². The zero-order valence-corrected chi connectivity index (χ0v) is 15.0. The Morgan fingerprint density at radius 1 is 0.962 bits per heavy atom. The number of amides is 4. The highest BCUT2D eigenvalue weighted by Gasteiger charge is 2.20. The second kappa shape index (κ2) is 8.69. The molecule has 0 bridgehead atoms. The first-order chi connectivity index (χ1) is 12.6. The number of hydrogen-bond acceptors (Lipinski definition) is 3. The molecule has 2 fully saturated rings. The Hall–Kier alpha value is -2.57. The van der Waals surface area contributed by atoms with E-state index in [0.29, 0.717) is 38.2 Å². The average Bonchev–Trinajstić information content (AvgIpc) is 3.22. The maximum Gasteiger partial charge on any atom is 0.319 e. The second-order valence-corrected chi connectivity index (χ2v) is 6.83. The molecule has 7 heteroatoms. The van der Waals surface area contributed by atoms with Gasteiger partial charge in [0.15, 0.2) is 0 Å². The topological polar surface area (TPSA) is 81.8 Å². The van der Waals surface area contributed by atoms with E-state index in [4.69, 9.17) is 0 Å². The Morgan fingerprint density at radius 2 is 1.62 bits per heavy atom. The van der Waals surface area contributed by atoms with Gasteiger partial charge in [-0.3, -0.25) is 9.59 Å². The SMILES string of the molecule is O=C(NCCCN1CCCC1=O)Nc1ccc(CN2CCCC2=O)cc1. The lowest BCUT2D eigenvalue weighted by Gasteiger charge is -2.16. The molecule has 2 saturated heterocycles. The van der Waals surface area contributed by atoms with E-state index >= 15 is 0 Å². The van der Waals surface area contributed by atoms with Crippen LogP contribution in [0.5, 0.6) is 0 Å². The minimum atomic E-state index is -0.250. The summed E-state index contributed by atoms with van der Waals surface area (Å²) in [6.07, 6.45) is 3.92. The van der Waals surface area contributed by atoms with Crippen LogP contribution in [0.2, 0.25) is 0 Å². The first-order valence-corrected chi connectivity index (χ1v) is 9.31. The molecule has 0 unspecified atom stereocenters. The number of nitrogens with zero attached hydrogens (tertiary/aromatic N) is 2. The van der Waals surface area contributed by atoms with Crippen molar-refractivity contribution in [1.82, 2.24) is 15.1 Å². The van der Waals surface area contributed by atoms with E-state index in [1.165, 1.54) is 0 Å². The van der Waals surface area contributed by atoms with Gasteiger partial charge in [-0.15, -0.1) is 0 Å². The van der Waals surface area contributed by atoms with Crippen molar-refractivity contribution in [2.75, 3.05) is 31.5 Å². The molecule has 2 N–H and O–H groups in total. The minimum Gasteiger partial charge on any atom is -0.343 e. The number of anilines is 1. The molecule has 2 aliphatic rings. The van der Waals surface area contributed by atoms with E-state index in [1.54, 1.807) is 0 Å². The summed E-state index contributed by atoms with van der Waals surface area (Å²) >= 11 is 0. The molecule has 140 valence electrons. The molecule has 2 heterocycles. The van der Waals surface area contributed by atoms with Gasteiger partial charge in [0.05, 0.1) is 0 Å². The number of nitrogens with one attached hydrogen (secondary N) is 2. The minimum absolute atomic E-state index is 0.210. The highest BCUT2D eigenvalue weighted by atomic mass is 16.2. The first-order valence-electron chi connectivity index (χ1n) is 9.31. The molecule has 1 aromatic carbocycles. The Kier molecular flexibility index (Phi) is 6.09. The number of likely N-dealkylation sites (tertiary alicyclic amines) is 2. The zero-order chi connectivity index (χ0) is 18.4. The van der Waals surface area contributed by atoms with Crippen LogP contribution in [0.1, 0.15) is 37.7 Å². The van der Waals surface area contributed by atoms with E-state index in [9.17, 15) is 14.4 Å². The number of rotatable bonds is 7. The van der Waals surface area contributed by atoms with Gasteiger partial charge < -0.3 is 20.4 Å². The van der Waals surface area contributed by atoms with Gasteiger partial charge in [-0.1, -0.05) is 12.1 Å². The monoisotopic (exact) mass is 358 g/mol.